The van der Waals surface area contributed by atoms with Gasteiger partial charge in [-0.05, 0) is 32.0 Å². The molecule has 14 heavy (non-hydrogen) atoms. The standard InChI is InChI=1S/C10H17N3O/c1-8(5-6-11)13-10-9(14-2)4-3-7-12-10/h3-4,7-8H,5-6,11H2,1-2H3,(H,12,13). The van der Waals surface area contributed by atoms with E-state index in [0.717, 1.165) is 18.0 Å². The third kappa shape index (κ3) is 2.88. The van der Waals surface area contributed by atoms with Crippen molar-refractivity contribution >= 4 is 5.82 Å². The van der Waals surface area contributed by atoms with Crippen LogP contribution >= 0.6 is 0 Å². The van der Waals surface area contributed by atoms with Crippen molar-refractivity contribution in [1.29, 1.82) is 0 Å². The summed E-state index contributed by atoms with van der Waals surface area (Å²) in [6.07, 6.45) is 2.65. The third-order valence-corrected chi connectivity index (χ3v) is 1.97. The first-order valence-electron chi connectivity index (χ1n) is 4.73. The molecular weight excluding hydrogens is 178 g/mol. The van der Waals surface area contributed by atoms with Gasteiger partial charge in [0.1, 0.15) is 0 Å². The Hall–Kier alpha value is -1.29. The molecule has 1 aromatic rings. The van der Waals surface area contributed by atoms with E-state index in [-0.39, 0.29) is 0 Å². The molecule has 1 heterocycles. The predicted octanol–water partition coefficient (Wildman–Crippen LogP) is 1.24. The fraction of sp³-hybridized carbons (Fsp3) is 0.500. The van der Waals surface area contributed by atoms with Crippen LogP contribution in [0.3, 0.4) is 0 Å². The first-order chi connectivity index (χ1) is 6.77. The normalized spacial score (nSPS) is 12.2. The molecule has 0 spiro atoms. The lowest BCUT2D eigenvalue weighted by molar-refractivity contribution is 0.414. The molecule has 1 atom stereocenters. The molecule has 0 bridgehead atoms. The van der Waals surface area contributed by atoms with Gasteiger partial charge in [0, 0.05) is 12.2 Å². The van der Waals surface area contributed by atoms with Crippen LogP contribution in [0.1, 0.15) is 13.3 Å². The number of hydrogen-bond acceptors (Lipinski definition) is 4. The van der Waals surface area contributed by atoms with E-state index in [1.54, 1.807) is 13.3 Å². The fourth-order valence-electron chi connectivity index (χ4n) is 1.22. The maximum atomic E-state index is 5.46. The van der Waals surface area contributed by atoms with Crippen LogP contribution in [0.4, 0.5) is 5.82 Å². The van der Waals surface area contributed by atoms with Crippen LogP contribution in [0.25, 0.3) is 0 Å². The zero-order valence-corrected chi connectivity index (χ0v) is 8.66. The Morgan fingerprint density at radius 3 is 3.07 bits per heavy atom. The smallest absolute Gasteiger partial charge is 0.168 e. The molecule has 0 radical (unpaired) electrons. The Kier molecular flexibility index (Phi) is 4.19. The SMILES string of the molecule is COc1cccnc1NC(C)CCN. The Labute approximate surface area is 84.5 Å². The van der Waals surface area contributed by atoms with Gasteiger partial charge in [0.15, 0.2) is 11.6 Å². The van der Waals surface area contributed by atoms with Crippen LogP contribution in [0.2, 0.25) is 0 Å². The van der Waals surface area contributed by atoms with E-state index in [1.165, 1.54) is 0 Å². The molecule has 4 nitrogen and oxygen atoms in total. The molecular formula is C10H17N3O. The van der Waals surface area contributed by atoms with Gasteiger partial charge in [0.05, 0.1) is 7.11 Å². The first-order valence-corrected chi connectivity index (χ1v) is 4.73. The third-order valence-electron chi connectivity index (χ3n) is 1.97. The van der Waals surface area contributed by atoms with E-state index >= 15 is 0 Å². The van der Waals surface area contributed by atoms with Crippen molar-refractivity contribution in [1.82, 2.24) is 4.98 Å². The second kappa shape index (κ2) is 5.44. The van der Waals surface area contributed by atoms with Crippen molar-refractivity contribution in [2.24, 2.45) is 5.73 Å². The van der Waals surface area contributed by atoms with Crippen LogP contribution in [0.5, 0.6) is 5.75 Å². The highest BCUT2D eigenvalue weighted by Gasteiger charge is 2.06. The molecule has 78 valence electrons. The highest BCUT2D eigenvalue weighted by molar-refractivity contribution is 5.49. The van der Waals surface area contributed by atoms with E-state index in [2.05, 4.69) is 17.2 Å². The average Bonchev–Trinajstić information content (AvgIpc) is 2.19. The molecule has 0 aliphatic carbocycles. The predicted molar refractivity (Wildman–Crippen MR) is 57.5 cm³/mol. The van der Waals surface area contributed by atoms with Crippen LogP contribution in [0.15, 0.2) is 18.3 Å². The molecule has 0 saturated heterocycles. The van der Waals surface area contributed by atoms with Crippen molar-refractivity contribution in [3.05, 3.63) is 18.3 Å². The molecule has 1 rings (SSSR count). The zero-order chi connectivity index (χ0) is 10.4. The molecule has 0 fully saturated rings. The van der Waals surface area contributed by atoms with Crippen molar-refractivity contribution in [3.63, 3.8) is 0 Å². The van der Waals surface area contributed by atoms with Gasteiger partial charge in [-0.2, -0.15) is 0 Å². The maximum absolute atomic E-state index is 5.46. The summed E-state index contributed by atoms with van der Waals surface area (Å²) in [6.45, 7) is 2.74. The highest BCUT2D eigenvalue weighted by atomic mass is 16.5. The lowest BCUT2D eigenvalue weighted by Gasteiger charge is -2.15. The largest absolute Gasteiger partial charge is 0.493 e. The molecule has 0 aliphatic rings. The second-order valence-corrected chi connectivity index (χ2v) is 3.18. The summed E-state index contributed by atoms with van der Waals surface area (Å²) in [5.74, 6) is 1.53. The Morgan fingerprint density at radius 1 is 1.64 bits per heavy atom. The van der Waals surface area contributed by atoms with Crippen LogP contribution in [-0.4, -0.2) is 24.7 Å². The van der Waals surface area contributed by atoms with Gasteiger partial charge in [-0.1, -0.05) is 0 Å². The Morgan fingerprint density at radius 2 is 2.43 bits per heavy atom. The van der Waals surface area contributed by atoms with Gasteiger partial charge in [0.25, 0.3) is 0 Å². The van der Waals surface area contributed by atoms with Crippen molar-refractivity contribution in [2.75, 3.05) is 19.0 Å². The molecule has 0 aromatic carbocycles. The number of pyridine rings is 1. The highest BCUT2D eigenvalue weighted by Crippen LogP contribution is 2.20. The number of nitrogens with zero attached hydrogens (tertiary/aromatic N) is 1. The number of nitrogens with two attached hydrogens (primary N) is 1. The second-order valence-electron chi connectivity index (χ2n) is 3.18. The summed E-state index contributed by atoms with van der Waals surface area (Å²) in [5.41, 5.74) is 5.46. The van der Waals surface area contributed by atoms with E-state index in [1.807, 2.05) is 12.1 Å². The monoisotopic (exact) mass is 195 g/mol. The summed E-state index contributed by atoms with van der Waals surface area (Å²) >= 11 is 0. The molecule has 0 amide bonds. The van der Waals surface area contributed by atoms with Crippen LogP contribution < -0.4 is 15.8 Å². The quantitative estimate of drug-likeness (QED) is 0.742. The van der Waals surface area contributed by atoms with Crippen molar-refractivity contribution in [2.45, 2.75) is 19.4 Å². The van der Waals surface area contributed by atoms with Gasteiger partial charge in [0.2, 0.25) is 0 Å². The lowest BCUT2D eigenvalue weighted by atomic mass is 10.2. The number of anilines is 1. The number of methoxy groups -OCH3 is 1. The molecule has 1 unspecified atom stereocenters. The van der Waals surface area contributed by atoms with Crippen LogP contribution in [-0.2, 0) is 0 Å². The summed E-state index contributed by atoms with van der Waals surface area (Å²) < 4.78 is 5.17. The van der Waals surface area contributed by atoms with Gasteiger partial charge >= 0.3 is 0 Å². The number of ether oxygens (including phenoxy) is 1. The Bertz CT molecular complexity index is 278. The lowest BCUT2D eigenvalue weighted by Crippen LogP contribution is -2.20. The minimum Gasteiger partial charge on any atom is -0.493 e. The molecule has 0 aliphatic heterocycles. The minimum absolute atomic E-state index is 0.309. The Balaban J connectivity index is 2.65. The molecule has 3 N–H and O–H groups in total. The summed E-state index contributed by atoms with van der Waals surface area (Å²) in [6, 6.07) is 4.03. The number of aromatic nitrogens is 1. The maximum Gasteiger partial charge on any atom is 0.168 e. The number of nitrogens with one attached hydrogen (secondary N) is 1. The van der Waals surface area contributed by atoms with E-state index < -0.39 is 0 Å². The average molecular weight is 195 g/mol. The van der Waals surface area contributed by atoms with E-state index in [0.29, 0.717) is 12.6 Å². The fourth-order valence-corrected chi connectivity index (χ4v) is 1.22. The first kappa shape index (κ1) is 10.8. The van der Waals surface area contributed by atoms with Crippen molar-refractivity contribution < 1.29 is 4.74 Å². The molecule has 4 heteroatoms. The van der Waals surface area contributed by atoms with E-state index in [9.17, 15) is 0 Å². The molecule has 0 saturated carbocycles. The molecule has 1 aromatic heterocycles. The van der Waals surface area contributed by atoms with Gasteiger partial charge in [-0.25, -0.2) is 4.98 Å². The number of rotatable bonds is 5. The van der Waals surface area contributed by atoms with Gasteiger partial charge in [-0.3, -0.25) is 0 Å². The van der Waals surface area contributed by atoms with Gasteiger partial charge in [-0.15, -0.1) is 0 Å². The summed E-state index contributed by atoms with van der Waals surface area (Å²) in [5, 5.41) is 3.25. The minimum atomic E-state index is 0.309. The summed E-state index contributed by atoms with van der Waals surface area (Å²) in [4.78, 5) is 4.19. The topological polar surface area (TPSA) is 60.2 Å². The van der Waals surface area contributed by atoms with E-state index in [4.69, 9.17) is 10.5 Å². The number of hydrogen-bond donors (Lipinski definition) is 2. The van der Waals surface area contributed by atoms with Gasteiger partial charge < -0.3 is 15.8 Å². The van der Waals surface area contributed by atoms with Crippen LogP contribution in [0, 0.1) is 0 Å². The zero-order valence-electron chi connectivity index (χ0n) is 8.66. The van der Waals surface area contributed by atoms with Crippen molar-refractivity contribution in [3.8, 4) is 5.75 Å². The summed E-state index contributed by atoms with van der Waals surface area (Å²) in [7, 11) is 1.63.